The van der Waals surface area contributed by atoms with Crippen LogP contribution in [0.4, 0.5) is 0 Å². The van der Waals surface area contributed by atoms with Crippen molar-refractivity contribution in [2.24, 2.45) is 0 Å². The molecule has 0 aliphatic heterocycles. The van der Waals surface area contributed by atoms with E-state index >= 15 is 0 Å². The molecular formula is C10H16O3. The number of rotatable bonds is 3. The van der Waals surface area contributed by atoms with Gasteiger partial charge in [0.25, 0.3) is 0 Å². The lowest BCUT2D eigenvalue weighted by atomic mass is 10.0. The van der Waals surface area contributed by atoms with Crippen molar-refractivity contribution in [3.63, 3.8) is 0 Å². The van der Waals surface area contributed by atoms with Gasteiger partial charge in [-0.25, -0.2) is 0 Å². The Balaban J connectivity index is 2.89. The van der Waals surface area contributed by atoms with E-state index in [0.29, 0.717) is 0 Å². The monoisotopic (exact) mass is 184 g/mol. The number of hydrogen-bond donors (Lipinski definition) is 0. The van der Waals surface area contributed by atoms with Crippen LogP contribution in [0.25, 0.3) is 0 Å². The van der Waals surface area contributed by atoms with E-state index < -0.39 is 0 Å². The van der Waals surface area contributed by atoms with E-state index in [1.54, 1.807) is 21.3 Å². The van der Waals surface area contributed by atoms with Crippen LogP contribution in [0.3, 0.4) is 0 Å². The van der Waals surface area contributed by atoms with Crippen LogP contribution in [0.15, 0.2) is 23.2 Å². The van der Waals surface area contributed by atoms with Crippen molar-refractivity contribution in [1.82, 2.24) is 0 Å². The van der Waals surface area contributed by atoms with E-state index in [4.69, 9.17) is 14.2 Å². The Labute approximate surface area is 79.0 Å². The molecule has 0 aromatic heterocycles. The molecule has 0 amide bonds. The van der Waals surface area contributed by atoms with Crippen LogP contribution in [-0.4, -0.2) is 27.4 Å². The second-order valence-electron chi connectivity index (χ2n) is 2.97. The molecule has 0 saturated heterocycles. The highest BCUT2D eigenvalue weighted by Gasteiger charge is 2.20. The van der Waals surface area contributed by atoms with E-state index in [-0.39, 0.29) is 6.10 Å². The first-order valence-corrected chi connectivity index (χ1v) is 4.25. The summed E-state index contributed by atoms with van der Waals surface area (Å²) in [6.07, 6.45) is 2.82. The molecule has 0 heterocycles. The van der Waals surface area contributed by atoms with Gasteiger partial charge in [-0.2, -0.15) is 0 Å². The zero-order chi connectivity index (χ0) is 9.84. The Hall–Kier alpha value is -0.960. The lowest BCUT2D eigenvalue weighted by molar-refractivity contribution is 0.112. The van der Waals surface area contributed by atoms with E-state index in [1.165, 1.54) is 0 Å². The molecule has 1 atom stereocenters. The number of methoxy groups -OCH3 is 3. The van der Waals surface area contributed by atoms with Crippen LogP contribution in [0, 0.1) is 0 Å². The molecule has 1 rings (SSSR count). The number of hydrogen-bond acceptors (Lipinski definition) is 3. The maximum Gasteiger partial charge on any atom is 0.123 e. The Kier molecular flexibility index (Phi) is 3.37. The van der Waals surface area contributed by atoms with Crippen LogP contribution in [0.2, 0.25) is 0 Å². The first kappa shape index (κ1) is 10.1. The SMILES string of the molecule is COC1=CC(OC)CC(OC)=C1C. The molecule has 0 saturated carbocycles. The van der Waals surface area contributed by atoms with Gasteiger partial charge >= 0.3 is 0 Å². The van der Waals surface area contributed by atoms with E-state index in [1.807, 2.05) is 13.0 Å². The Morgan fingerprint density at radius 1 is 1.23 bits per heavy atom. The van der Waals surface area contributed by atoms with Gasteiger partial charge < -0.3 is 14.2 Å². The molecular weight excluding hydrogens is 168 g/mol. The van der Waals surface area contributed by atoms with Crippen molar-refractivity contribution in [3.05, 3.63) is 23.2 Å². The Morgan fingerprint density at radius 2 is 1.92 bits per heavy atom. The van der Waals surface area contributed by atoms with Gasteiger partial charge in [0.2, 0.25) is 0 Å². The fourth-order valence-corrected chi connectivity index (χ4v) is 1.43. The van der Waals surface area contributed by atoms with E-state index in [2.05, 4.69) is 0 Å². The summed E-state index contributed by atoms with van der Waals surface area (Å²) in [7, 11) is 5.01. The quantitative estimate of drug-likeness (QED) is 0.670. The van der Waals surface area contributed by atoms with Gasteiger partial charge in [-0.15, -0.1) is 0 Å². The largest absolute Gasteiger partial charge is 0.501 e. The highest BCUT2D eigenvalue weighted by Crippen LogP contribution is 2.26. The second kappa shape index (κ2) is 4.33. The minimum atomic E-state index is 0.0635. The highest BCUT2D eigenvalue weighted by molar-refractivity contribution is 5.32. The normalized spacial score (nSPS) is 22.8. The highest BCUT2D eigenvalue weighted by atomic mass is 16.5. The van der Waals surface area contributed by atoms with Crippen molar-refractivity contribution in [2.45, 2.75) is 19.4 Å². The van der Waals surface area contributed by atoms with Gasteiger partial charge in [0.05, 0.1) is 20.3 Å². The topological polar surface area (TPSA) is 27.7 Å². The fourth-order valence-electron chi connectivity index (χ4n) is 1.43. The minimum Gasteiger partial charge on any atom is -0.501 e. The first-order valence-electron chi connectivity index (χ1n) is 4.25. The molecule has 13 heavy (non-hydrogen) atoms. The minimum absolute atomic E-state index is 0.0635. The average molecular weight is 184 g/mol. The molecule has 1 aliphatic rings. The van der Waals surface area contributed by atoms with Crippen LogP contribution in [-0.2, 0) is 14.2 Å². The predicted octanol–water partition coefficient (Wildman–Crippen LogP) is 1.86. The molecule has 1 aliphatic carbocycles. The van der Waals surface area contributed by atoms with Gasteiger partial charge in [-0.1, -0.05) is 0 Å². The second-order valence-corrected chi connectivity index (χ2v) is 2.97. The van der Waals surface area contributed by atoms with E-state index in [0.717, 1.165) is 23.5 Å². The molecule has 0 spiro atoms. The maximum absolute atomic E-state index is 5.25. The Bertz CT molecular complexity index is 241. The molecule has 1 unspecified atom stereocenters. The smallest absolute Gasteiger partial charge is 0.123 e. The molecule has 0 bridgehead atoms. The van der Waals surface area contributed by atoms with Crippen molar-refractivity contribution in [3.8, 4) is 0 Å². The van der Waals surface area contributed by atoms with Crippen molar-refractivity contribution in [2.75, 3.05) is 21.3 Å². The third-order valence-electron chi connectivity index (χ3n) is 2.28. The molecule has 0 fully saturated rings. The maximum atomic E-state index is 5.25. The van der Waals surface area contributed by atoms with Crippen molar-refractivity contribution in [1.29, 1.82) is 0 Å². The summed E-state index contributed by atoms with van der Waals surface area (Å²) >= 11 is 0. The van der Waals surface area contributed by atoms with Crippen LogP contribution >= 0.6 is 0 Å². The first-order chi connectivity index (χ1) is 6.22. The summed E-state index contributed by atoms with van der Waals surface area (Å²) in [5.41, 5.74) is 1.05. The van der Waals surface area contributed by atoms with Gasteiger partial charge in [0.15, 0.2) is 0 Å². The molecule has 3 heteroatoms. The standard InChI is InChI=1S/C10H16O3/c1-7-9(12-3)5-8(11-2)6-10(7)13-4/h5,8H,6H2,1-4H3. The van der Waals surface area contributed by atoms with E-state index in [9.17, 15) is 0 Å². The number of allylic oxidation sites excluding steroid dienone is 1. The van der Waals surface area contributed by atoms with Crippen LogP contribution in [0.1, 0.15) is 13.3 Å². The summed E-state index contributed by atoms with van der Waals surface area (Å²) < 4.78 is 15.7. The molecule has 0 aromatic rings. The zero-order valence-corrected chi connectivity index (χ0v) is 8.59. The molecule has 0 N–H and O–H groups in total. The van der Waals surface area contributed by atoms with Crippen molar-refractivity contribution < 1.29 is 14.2 Å². The van der Waals surface area contributed by atoms with Gasteiger partial charge in [-0.3, -0.25) is 0 Å². The fraction of sp³-hybridized carbons (Fsp3) is 0.600. The average Bonchev–Trinajstić information content (AvgIpc) is 2.18. The summed E-state index contributed by atoms with van der Waals surface area (Å²) in [6, 6.07) is 0. The number of ether oxygens (including phenoxy) is 3. The lowest BCUT2D eigenvalue weighted by Gasteiger charge is -2.22. The Morgan fingerprint density at radius 3 is 2.38 bits per heavy atom. The molecule has 0 aromatic carbocycles. The summed E-state index contributed by atoms with van der Waals surface area (Å²) in [5, 5.41) is 0. The van der Waals surface area contributed by atoms with Crippen molar-refractivity contribution >= 4 is 0 Å². The van der Waals surface area contributed by atoms with Gasteiger partial charge in [0.1, 0.15) is 11.5 Å². The van der Waals surface area contributed by atoms with Crippen LogP contribution in [0.5, 0.6) is 0 Å². The molecule has 3 nitrogen and oxygen atoms in total. The van der Waals surface area contributed by atoms with Crippen LogP contribution < -0.4 is 0 Å². The summed E-state index contributed by atoms with van der Waals surface area (Å²) in [5.74, 6) is 1.78. The predicted molar refractivity (Wildman–Crippen MR) is 50.2 cm³/mol. The van der Waals surface area contributed by atoms with Gasteiger partial charge in [0, 0.05) is 19.1 Å². The summed E-state index contributed by atoms with van der Waals surface area (Å²) in [6.45, 7) is 1.99. The molecule has 74 valence electrons. The van der Waals surface area contributed by atoms with Gasteiger partial charge in [-0.05, 0) is 13.0 Å². The lowest BCUT2D eigenvalue weighted by Crippen LogP contribution is -2.16. The zero-order valence-electron chi connectivity index (χ0n) is 8.59. The summed E-state index contributed by atoms with van der Waals surface area (Å²) in [4.78, 5) is 0. The third kappa shape index (κ3) is 2.04. The molecule has 0 radical (unpaired) electrons. The third-order valence-corrected chi connectivity index (χ3v) is 2.28.